The zero-order chi connectivity index (χ0) is 11.5. The molecule has 2 N–H and O–H groups in total. The van der Waals surface area contributed by atoms with Crippen LogP contribution in [-0.4, -0.2) is 37.2 Å². The molecule has 0 bridgehead atoms. The molecule has 5 heteroatoms. The van der Waals surface area contributed by atoms with Gasteiger partial charge in [-0.15, -0.1) is 0 Å². The fraction of sp³-hybridized carbons (Fsp3) is 0.800. The Morgan fingerprint density at radius 3 is 2.53 bits per heavy atom. The number of carboxylic acids is 1. The van der Waals surface area contributed by atoms with Crippen LogP contribution in [0.2, 0.25) is 0 Å². The van der Waals surface area contributed by atoms with Crippen molar-refractivity contribution in [1.82, 2.24) is 5.32 Å². The van der Waals surface area contributed by atoms with E-state index in [1.165, 1.54) is 14.0 Å². The largest absolute Gasteiger partial charge is 0.480 e. The first-order chi connectivity index (χ1) is 7.00. The summed E-state index contributed by atoms with van der Waals surface area (Å²) in [6, 6.07) is 0. The van der Waals surface area contributed by atoms with Gasteiger partial charge in [-0.2, -0.15) is 0 Å². The molecule has 1 atom stereocenters. The van der Waals surface area contributed by atoms with E-state index in [2.05, 4.69) is 5.32 Å². The molecule has 0 aromatic carbocycles. The number of amides is 1. The number of hydrogen-bond donors (Lipinski definition) is 2. The highest BCUT2D eigenvalue weighted by Gasteiger charge is 2.41. The van der Waals surface area contributed by atoms with Gasteiger partial charge < -0.3 is 15.2 Å². The van der Waals surface area contributed by atoms with Crippen LogP contribution < -0.4 is 5.32 Å². The van der Waals surface area contributed by atoms with E-state index in [4.69, 9.17) is 9.84 Å². The molecule has 0 radical (unpaired) electrons. The molecule has 1 fully saturated rings. The van der Waals surface area contributed by atoms with Crippen molar-refractivity contribution in [1.29, 1.82) is 0 Å². The van der Waals surface area contributed by atoms with Gasteiger partial charge in [0.2, 0.25) is 5.91 Å². The van der Waals surface area contributed by atoms with Crippen LogP contribution in [0.4, 0.5) is 0 Å². The molecule has 1 saturated carbocycles. The lowest BCUT2D eigenvalue weighted by Crippen LogP contribution is -2.46. The summed E-state index contributed by atoms with van der Waals surface area (Å²) in [5.74, 6) is -1.11. The lowest BCUT2D eigenvalue weighted by Gasteiger charge is -2.22. The number of nitrogens with one attached hydrogen (secondary N) is 1. The first-order valence-electron chi connectivity index (χ1n) is 5.04. The smallest absolute Gasteiger partial charge is 0.321 e. The van der Waals surface area contributed by atoms with Crippen molar-refractivity contribution in [3.8, 4) is 0 Å². The zero-order valence-electron chi connectivity index (χ0n) is 9.08. The summed E-state index contributed by atoms with van der Waals surface area (Å²) in [6.07, 6.45) is 2.29. The van der Waals surface area contributed by atoms with E-state index in [1.54, 1.807) is 0 Å². The fourth-order valence-corrected chi connectivity index (χ4v) is 1.21. The molecule has 0 saturated heterocycles. The second-order valence-electron chi connectivity index (χ2n) is 4.17. The van der Waals surface area contributed by atoms with Crippen LogP contribution in [-0.2, 0) is 14.3 Å². The van der Waals surface area contributed by atoms with Gasteiger partial charge in [-0.05, 0) is 25.7 Å². The average molecular weight is 215 g/mol. The van der Waals surface area contributed by atoms with Gasteiger partial charge in [0.1, 0.15) is 0 Å². The van der Waals surface area contributed by atoms with Gasteiger partial charge in [0.15, 0.2) is 5.41 Å². The van der Waals surface area contributed by atoms with E-state index in [0.29, 0.717) is 12.5 Å². The molecule has 86 valence electrons. The summed E-state index contributed by atoms with van der Waals surface area (Å²) >= 11 is 0. The third kappa shape index (κ3) is 2.92. The monoisotopic (exact) mass is 215 g/mol. The average Bonchev–Trinajstić information content (AvgIpc) is 2.99. The molecule has 0 aliphatic heterocycles. The van der Waals surface area contributed by atoms with Crippen LogP contribution in [0.5, 0.6) is 0 Å². The highest BCUT2D eigenvalue weighted by molar-refractivity contribution is 6.01. The van der Waals surface area contributed by atoms with Crippen molar-refractivity contribution >= 4 is 11.9 Å². The normalized spacial score (nSPS) is 19.3. The Balaban J connectivity index is 2.47. The van der Waals surface area contributed by atoms with Crippen LogP contribution >= 0.6 is 0 Å². The number of carboxylic acid groups (broad SMARTS) is 1. The third-order valence-electron chi connectivity index (χ3n) is 2.64. The molecule has 0 aromatic rings. The Bertz CT molecular complexity index is 262. The number of rotatable bonds is 6. The minimum absolute atomic E-state index is 0.0709. The van der Waals surface area contributed by atoms with Crippen molar-refractivity contribution in [2.75, 3.05) is 20.3 Å². The lowest BCUT2D eigenvalue weighted by atomic mass is 9.91. The molecule has 5 nitrogen and oxygen atoms in total. The summed E-state index contributed by atoms with van der Waals surface area (Å²) in [6.45, 7) is 1.86. The Morgan fingerprint density at radius 1 is 1.53 bits per heavy atom. The number of hydrogen-bond acceptors (Lipinski definition) is 3. The van der Waals surface area contributed by atoms with E-state index < -0.39 is 17.3 Å². The molecule has 1 unspecified atom stereocenters. The summed E-state index contributed by atoms with van der Waals surface area (Å²) in [4.78, 5) is 22.4. The summed E-state index contributed by atoms with van der Waals surface area (Å²) in [5.41, 5.74) is -1.48. The Morgan fingerprint density at radius 2 is 2.13 bits per heavy atom. The molecule has 0 heterocycles. The van der Waals surface area contributed by atoms with Crippen LogP contribution in [0.25, 0.3) is 0 Å². The highest BCUT2D eigenvalue weighted by Crippen LogP contribution is 2.29. The molecule has 0 spiro atoms. The number of carbonyl (C=O) groups is 2. The Kier molecular flexibility index (Phi) is 3.68. The predicted molar refractivity (Wildman–Crippen MR) is 53.4 cm³/mol. The van der Waals surface area contributed by atoms with E-state index >= 15 is 0 Å². The minimum Gasteiger partial charge on any atom is -0.480 e. The number of aliphatic carboxylic acids is 1. The minimum atomic E-state index is -1.48. The van der Waals surface area contributed by atoms with E-state index in [0.717, 1.165) is 12.8 Å². The van der Waals surface area contributed by atoms with Gasteiger partial charge in [-0.3, -0.25) is 9.59 Å². The molecular weight excluding hydrogens is 198 g/mol. The molecule has 1 aliphatic rings. The maximum absolute atomic E-state index is 11.4. The van der Waals surface area contributed by atoms with Gasteiger partial charge >= 0.3 is 5.97 Å². The molecular formula is C10H17NO4. The molecule has 0 aromatic heterocycles. The summed E-state index contributed by atoms with van der Waals surface area (Å²) in [7, 11) is 1.42. The van der Waals surface area contributed by atoms with Crippen LogP contribution in [0.3, 0.4) is 0 Å². The predicted octanol–water partition coefficient (Wildman–Crippen LogP) is 0.250. The molecule has 15 heavy (non-hydrogen) atoms. The molecule has 1 aliphatic carbocycles. The van der Waals surface area contributed by atoms with Crippen LogP contribution in [0, 0.1) is 11.3 Å². The Labute approximate surface area is 88.8 Å². The SMILES string of the molecule is CNC(=O)C(C)(COCC1CC1)C(=O)O. The van der Waals surface area contributed by atoms with Gasteiger partial charge in [-0.1, -0.05) is 0 Å². The zero-order valence-corrected chi connectivity index (χ0v) is 9.08. The van der Waals surface area contributed by atoms with Crippen LogP contribution in [0.15, 0.2) is 0 Å². The lowest BCUT2D eigenvalue weighted by molar-refractivity contribution is -0.158. The van der Waals surface area contributed by atoms with Crippen molar-refractivity contribution in [2.24, 2.45) is 11.3 Å². The topological polar surface area (TPSA) is 75.6 Å². The summed E-state index contributed by atoms with van der Waals surface area (Å²) < 4.78 is 5.27. The van der Waals surface area contributed by atoms with Crippen molar-refractivity contribution in [2.45, 2.75) is 19.8 Å². The van der Waals surface area contributed by atoms with E-state index in [1.807, 2.05) is 0 Å². The number of ether oxygens (including phenoxy) is 1. The quantitative estimate of drug-likeness (QED) is 0.623. The third-order valence-corrected chi connectivity index (χ3v) is 2.64. The van der Waals surface area contributed by atoms with Crippen molar-refractivity contribution in [3.63, 3.8) is 0 Å². The standard InChI is InChI=1S/C10H17NO4/c1-10(9(13)14,8(12)11-2)6-15-5-7-3-4-7/h7H,3-6H2,1-2H3,(H,11,12)(H,13,14). The molecule has 1 amide bonds. The van der Waals surface area contributed by atoms with Gasteiger partial charge in [-0.25, -0.2) is 0 Å². The highest BCUT2D eigenvalue weighted by atomic mass is 16.5. The second kappa shape index (κ2) is 4.61. The van der Waals surface area contributed by atoms with Gasteiger partial charge in [0, 0.05) is 13.7 Å². The maximum atomic E-state index is 11.4. The first kappa shape index (κ1) is 12.0. The van der Waals surface area contributed by atoms with Crippen molar-refractivity contribution < 1.29 is 19.4 Å². The fourth-order valence-electron chi connectivity index (χ4n) is 1.21. The van der Waals surface area contributed by atoms with Gasteiger partial charge in [0.05, 0.1) is 6.61 Å². The molecule has 1 rings (SSSR count). The van der Waals surface area contributed by atoms with E-state index in [9.17, 15) is 9.59 Å². The van der Waals surface area contributed by atoms with Crippen molar-refractivity contribution in [3.05, 3.63) is 0 Å². The van der Waals surface area contributed by atoms with E-state index in [-0.39, 0.29) is 6.61 Å². The van der Waals surface area contributed by atoms with Crippen LogP contribution in [0.1, 0.15) is 19.8 Å². The maximum Gasteiger partial charge on any atom is 0.321 e. The number of carbonyl (C=O) groups excluding carboxylic acids is 1. The Hall–Kier alpha value is -1.10. The second-order valence-corrected chi connectivity index (χ2v) is 4.17. The van der Waals surface area contributed by atoms with Gasteiger partial charge in [0.25, 0.3) is 0 Å². The summed E-state index contributed by atoms with van der Waals surface area (Å²) in [5, 5.41) is 11.3. The first-order valence-corrected chi connectivity index (χ1v) is 5.04.